The Balaban J connectivity index is 1.72. The summed E-state index contributed by atoms with van der Waals surface area (Å²) in [5.74, 6) is 0.486. The van der Waals surface area contributed by atoms with Gasteiger partial charge in [0.25, 0.3) is 0 Å². The van der Waals surface area contributed by atoms with Crippen molar-refractivity contribution in [1.82, 2.24) is 15.2 Å². The van der Waals surface area contributed by atoms with Crippen molar-refractivity contribution in [3.8, 4) is 0 Å². The number of benzene rings is 1. The number of pyridine rings is 1. The minimum atomic E-state index is -0.196. The summed E-state index contributed by atoms with van der Waals surface area (Å²) in [6.45, 7) is 6.68. The normalized spacial score (nSPS) is 18.8. The van der Waals surface area contributed by atoms with Crippen molar-refractivity contribution in [3.05, 3.63) is 65.7 Å². The summed E-state index contributed by atoms with van der Waals surface area (Å²) >= 11 is 0. The van der Waals surface area contributed by atoms with Gasteiger partial charge in [-0.3, -0.25) is 14.7 Å². The summed E-state index contributed by atoms with van der Waals surface area (Å²) in [6.07, 6.45) is 4.40. The van der Waals surface area contributed by atoms with Crippen LogP contribution in [0.15, 0.2) is 48.7 Å². The van der Waals surface area contributed by atoms with Crippen LogP contribution in [0, 0.1) is 17.7 Å². The van der Waals surface area contributed by atoms with Crippen molar-refractivity contribution in [1.29, 1.82) is 0 Å². The second kappa shape index (κ2) is 9.78. The van der Waals surface area contributed by atoms with Crippen LogP contribution in [0.5, 0.6) is 0 Å². The fourth-order valence-electron chi connectivity index (χ4n) is 4.00. The Morgan fingerprint density at radius 2 is 2.14 bits per heavy atom. The van der Waals surface area contributed by atoms with E-state index < -0.39 is 0 Å². The quantitative estimate of drug-likeness (QED) is 0.774. The van der Waals surface area contributed by atoms with E-state index in [2.05, 4.69) is 29.0 Å². The van der Waals surface area contributed by atoms with Crippen molar-refractivity contribution >= 4 is 5.91 Å². The largest absolute Gasteiger partial charge is 0.347 e. The zero-order valence-electron chi connectivity index (χ0n) is 16.8. The zero-order chi connectivity index (χ0) is 19.9. The Morgan fingerprint density at radius 1 is 1.29 bits per heavy atom. The first-order valence-corrected chi connectivity index (χ1v) is 10.2. The van der Waals surface area contributed by atoms with E-state index in [0.717, 1.165) is 43.7 Å². The van der Waals surface area contributed by atoms with Crippen LogP contribution in [0.4, 0.5) is 4.39 Å². The number of carbonyl (C=O) groups excluding carboxylic acids is 1. The van der Waals surface area contributed by atoms with Gasteiger partial charge in [-0.15, -0.1) is 0 Å². The highest BCUT2D eigenvalue weighted by molar-refractivity contribution is 5.76. The Kier molecular flexibility index (Phi) is 7.15. The predicted octanol–water partition coefficient (Wildman–Crippen LogP) is 4.34. The van der Waals surface area contributed by atoms with E-state index in [-0.39, 0.29) is 23.7 Å². The molecule has 1 aliphatic rings. The number of likely N-dealkylation sites (tertiary alicyclic amines) is 1. The molecule has 1 amide bonds. The molecule has 0 radical (unpaired) electrons. The van der Waals surface area contributed by atoms with E-state index in [1.165, 1.54) is 6.07 Å². The van der Waals surface area contributed by atoms with Gasteiger partial charge in [0.1, 0.15) is 5.82 Å². The molecule has 0 spiro atoms. The van der Waals surface area contributed by atoms with Gasteiger partial charge in [0.2, 0.25) is 5.91 Å². The third-order valence-corrected chi connectivity index (χ3v) is 5.23. The summed E-state index contributed by atoms with van der Waals surface area (Å²) in [5.41, 5.74) is 1.90. The fraction of sp³-hybridized carbons (Fsp3) is 0.478. The van der Waals surface area contributed by atoms with Crippen LogP contribution >= 0.6 is 0 Å². The molecule has 0 saturated carbocycles. The van der Waals surface area contributed by atoms with Crippen molar-refractivity contribution in [2.24, 2.45) is 11.8 Å². The Labute approximate surface area is 167 Å². The van der Waals surface area contributed by atoms with Gasteiger partial charge in [-0.1, -0.05) is 32.0 Å². The van der Waals surface area contributed by atoms with Crippen LogP contribution in [-0.4, -0.2) is 28.9 Å². The second-order valence-electron chi connectivity index (χ2n) is 8.17. The van der Waals surface area contributed by atoms with Gasteiger partial charge in [0.15, 0.2) is 0 Å². The molecule has 1 aliphatic heterocycles. The van der Waals surface area contributed by atoms with Crippen LogP contribution in [-0.2, 0) is 11.3 Å². The van der Waals surface area contributed by atoms with Gasteiger partial charge >= 0.3 is 0 Å². The van der Waals surface area contributed by atoms with Crippen LogP contribution < -0.4 is 5.32 Å². The first kappa shape index (κ1) is 20.5. The van der Waals surface area contributed by atoms with Gasteiger partial charge in [0, 0.05) is 25.7 Å². The number of hydrogen-bond acceptors (Lipinski definition) is 3. The van der Waals surface area contributed by atoms with Gasteiger partial charge in [-0.05, 0) is 61.1 Å². The molecule has 2 heterocycles. The molecule has 0 aliphatic carbocycles. The highest BCUT2D eigenvalue weighted by atomic mass is 19.1. The van der Waals surface area contributed by atoms with E-state index >= 15 is 0 Å². The molecular weight excluding hydrogens is 353 g/mol. The van der Waals surface area contributed by atoms with Crippen LogP contribution in [0.3, 0.4) is 0 Å². The lowest BCUT2D eigenvalue weighted by Crippen LogP contribution is -2.43. The molecule has 1 saturated heterocycles. The molecule has 150 valence electrons. The highest BCUT2D eigenvalue weighted by Gasteiger charge is 2.30. The van der Waals surface area contributed by atoms with Crippen molar-refractivity contribution < 1.29 is 9.18 Å². The molecule has 0 unspecified atom stereocenters. The first-order chi connectivity index (χ1) is 13.5. The summed E-state index contributed by atoms with van der Waals surface area (Å²) < 4.78 is 13.5. The number of nitrogens with zero attached hydrogens (tertiary/aromatic N) is 2. The minimum absolute atomic E-state index is 0.0768. The number of rotatable bonds is 7. The molecule has 3 rings (SSSR count). The molecule has 1 aromatic heterocycles. The topological polar surface area (TPSA) is 45.2 Å². The molecule has 2 atom stereocenters. The molecule has 5 heteroatoms. The van der Waals surface area contributed by atoms with Crippen LogP contribution in [0.1, 0.15) is 50.4 Å². The molecule has 0 bridgehead atoms. The molecule has 1 N–H and O–H groups in total. The lowest BCUT2D eigenvalue weighted by molar-refractivity contribution is -0.123. The molecule has 1 fully saturated rings. The van der Waals surface area contributed by atoms with Crippen molar-refractivity contribution in [3.63, 3.8) is 0 Å². The molecule has 1 aromatic carbocycles. The average molecular weight is 384 g/mol. The van der Waals surface area contributed by atoms with E-state index in [4.69, 9.17) is 0 Å². The Morgan fingerprint density at radius 3 is 2.86 bits per heavy atom. The van der Waals surface area contributed by atoms with Crippen molar-refractivity contribution in [2.75, 3.05) is 13.1 Å². The van der Waals surface area contributed by atoms with Crippen LogP contribution in [0.25, 0.3) is 0 Å². The smallest absolute Gasteiger partial charge is 0.220 e. The maximum absolute atomic E-state index is 13.5. The number of piperidine rings is 1. The SMILES string of the molecule is CC(C)CC(=O)N[C@@H](c1ccccn1)[C@@H]1CCCN(Cc2cccc(F)c2)C1. The number of nitrogens with one attached hydrogen (secondary N) is 1. The first-order valence-electron chi connectivity index (χ1n) is 10.2. The van der Waals surface area contributed by atoms with E-state index in [9.17, 15) is 9.18 Å². The third-order valence-electron chi connectivity index (χ3n) is 5.23. The van der Waals surface area contributed by atoms with E-state index in [0.29, 0.717) is 12.3 Å². The van der Waals surface area contributed by atoms with Crippen LogP contribution in [0.2, 0.25) is 0 Å². The fourth-order valence-corrected chi connectivity index (χ4v) is 4.00. The van der Waals surface area contributed by atoms with E-state index in [1.54, 1.807) is 18.3 Å². The van der Waals surface area contributed by atoms with E-state index in [1.807, 2.05) is 24.3 Å². The molecular formula is C23H30FN3O. The van der Waals surface area contributed by atoms with Gasteiger partial charge < -0.3 is 5.32 Å². The number of hydrogen-bond donors (Lipinski definition) is 1. The summed E-state index contributed by atoms with van der Waals surface area (Å²) in [7, 11) is 0. The lowest BCUT2D eigenvalue weighted by Gasteiger charge is -2.37. The molecule has 4 nitrogen and oxygen atoms in total. The summed E-state index contributed by atoms with van der Waals surface area (Å²) in [6, 6.07) is 12.6. The number of aromatic nitrogens is 1. The second-order valence-corrected chi connectivity index (χ2v) is 8.17. The molecule has 2 aromatic rings. The monoisotopic (exact) mass is 383 g/mol. The van der Waals surface area contributed by atoms with Crippen molar-refractivity contribution in [2.45, 2.75) is 45.7 Å². The minimum Gasteiger partial charge on any atom is -0.347 e. The maximum atomic E-state index is 13.5. The Hall–Kier alpha value is -2.27. The summed E-state index contributed by atoms with van der Waals surface area (Å²) in [4.78, 5) is 19.4. The van der Waals surface area contributed by atoms with Gasteiger partial charge in [-0.25, -0.2) is 4.39 Å². The maximum Gasteiger partial charge on any atom is 0.220 e. The average Bonchev–Trinajstić information content (AvgIpc) is 2.66. The standard InChI is InChI=1S/C23H30FN3O/c1-17(2)13-22(28)26-23(21-10-3-4-11-25-21)19-8-6-12-27(16-19)15-18-7-5-9-20(24)14-18/h3-5,7,9-11,14,17,19,23H,6,8,12-13,15-16H2,1-2H3,(H,26,28)/t19-,23-/m1/s1. The Bertz CT molecular complexity index is 765. The lowest BCUT2D eigenvalue weighted by atomic mass is 9.88. The third kappa shape index (κ3) is 5.86. The number of carbonyl (C=O) groups is 1. The predicted molar refractivity (Wildman–Crippen MR) is 109 cm³/mol. The van der Waals surface area contributed by atoms with Gasteiger partial charge in [-0.2, -0.15) is 0 Å². The zero-order valence-corrected chi connectivity index (χ0v) is 16.8. The van der Waals surface area contributed by atoms with Gasteiger partial charge in [0.05, 0.1) is 11.7 Å². The summed E-state index contributed by atoms with van der Waals surface area (Å²) in [5, 5.41) is 3.24. The number of halogens is 1. The highest BCUT2D eigenvalue weighted by Crippen LogP contribution is 2.30. The molecule has 28 heavy (non-hydrogen) atoms. The number of amides is 1.